The summed E-state index contributed by atoms with van der Waals surface area (Å²) in [5, 5.41) is 3.02. The van der Waals surface area contributed by atoms with Gasteiger partial charge >= 0.3 is 6.03 Å². The third kappa shape index (κ3) is 5.58. The lowest BCUT2D eigenvalue weighted by Gasteiger charge is -2.57. The van der Waals surface area contributed by atoms with Gasteiger partial charge in [-0.2, -0.15) is 0 Å². The lowest BCUT2D eigenvalue weighted by molar-refractivity contribution is -0.134. The molecule has 1 saturated heterocycles. The number of benzene rings is 1. The van der Waals surface area contributed by atoms with Gasteiger partial charge in [0.05, 0.1) is 5.92 Å². The van der Waals surface area contributed by atoms with Crippen molar-refractivity contribution in [1.29, 1.82) is 0 Å². The number of fused-ring (bicyclic) bond motifs is 1. The van der Waals surface area contributed by atoms with Crippen LogP contribution >= 0.6 is 0 Å². The van der Waals surface area contributed by atoms with E-state index in [4.69, 9.17) is 0 Å². The Morgan fingerprint density at radius 3 is 2.43 bits per heavy atom. The Labute approximate surface area is 211 Å². The van der Waals surface area contributed by atoms with Crippen LogP contribution in [0.3, 0.4) is 0 Å². The molecule has 0 aromatic heterocycles. The van der Waals surface area contributed by atoms with Crippen LogP contribution < -0.4 is 5.32 Å². The van der Waals surface area contributed by atoms with E-state index in [1.165, 1.54) is 12.0 Å². The molecule has 3 unspecified atom stereocenters. The molecule has 1 N–H and O–H groups in total. The van der Waals surface area contributed by atoms with E-state index in [0.717, 1.165) is 70.1 Å². The van der Waals surface area contributed by atoms with Gasteiger partial charge in [-0.3, -0.25) is 9.69 Å². The summed E-state index contributed by atoms with van der Waals surface area (Å²) >= 11 is 0. The second-order valence-electron chi connectivity index (χ2n) is 11.1. The summed E-state index contributed by atoms with van der Waals surface area (Å²) in [6.45, 7) is 15.0. The van der Waals surface area contributed by atoms with Crippen LogP contribution in [0, 0.1) is 17.3 Å². The Morgan fingerprint density at radius 1 is 1.11 bits per heavy atom. The summed E-state index contributed by atoms with van der Waals surface area (Å²) in [4.78, 5) is 32.5. The SMILES string of the molecule is CCNC(=O)N(CCN1CCN(C(=O)C(CC)c2ccccc2)CC1)CC1=CCC2CC1C2(C)C. The minimum Gasteiger partial charge on any atom is -0.340 e. The molecule has 2 bridgehead atoms. The molecule has 0 spiro atoms. The molecule has 192 valence electrons. The third-order valence-electron chi connectivity index (χ3n) is 8.85. The highest BCUT2D eigenvalue weighted by molar-refractivity contribution is 5.83. The van der Waals surface area contributed by atoms with Gasteiger partial charge in [0.2, 0.25) is 5.91 Å². The third-order valence-corrected chi connectivity index (χ3v) is 8.85. The number of piperazine rings is 1. The summed E-state index contributed by atoms with van der Waals surface area (Å²) in [5.74, 6) is 1.61. The molecule has 1 saturated carbocycles. The van der Waals surface area contributed by atoms with Crippen LogP contribution in [-0.4, -0.2) is 79.0 Å². The molecule has 2 fully saturated rings. The zero-order valence-electron chi connectivity index (χ0n) is 22.1. The summed E-state index contributed by atoms with van der Waals surface area (Å²) in [6.07, 6.45) is 5.65. The normalized spacial score (nSPS) is 24.2. The van der Waals surface area contributed by atoms with E-state index in [0.29, 0.717) is 17.9 Å². The van der Waals surface area contributed by atoms with Crippen LogP contribution in [0.25, 0.3) is 0 Å². The molecule has 1 heterocycles. The average Bonchev–Trinajstić information content (AvgIpc) is 2.88. The highest BCUT2D eigenvalue weighted by Gasteiger charge is 2.51. The number of carbonyl (C=O) groups is 2. The minimum absolute atomic E-state index is 0.0371. The number of urea groups is 1. The summed E-state index contributed by atoms with van der Waals surface area (Å²) in [6, 6.07) is 10.2. The van der Waals surface area contributed by atoms with Crippen LogP contribution in [0.4, 0.5) is 4.79 Å². The van der Waals surface area contributed by atoms with E-state index < -0.39 is 0 Å². The van der Waals surface area contributed by atoms with Crippen molar-refractivity contribution in [3.05, 3.63) is 47.5 Å². The highest BCUT2D eigenvalue weighted by Crippen LogP contribution is 2.59. The second-order valence-corrected chi connectivity index (χ2v) is 11.1. The largest absolute Gasteiger partial charge is 0.340 e. The lowest BCUT2D eigenvalue weighted by atomic mass is 9.49. The van der Waals surface area contributed by atoms with E-state index in [9.17, 15) is 9.59 Å². The predicted molar refractivity (Wildman–Crippen MR) is 141 cm³/mol. The Morgan fingerprint density at radius 2 is 1.83 bits per heavy atom. The lowest BCUT2D eigenvalue weighted by Crippen LogP contribution is -2.53. The molecule has 3 amide bonds. The van der Waals surface area contributed by atoms with Crippen molar-refractivity contribution in [1.82, 2.24) is 20.0 Å². The maximum absolute atomic E-state index is 13.2. The Kier molecular flexibility index (Phi) is 8.20. The van der Waals surface area contributed by atoms with Crippen LogP contribution in [0.1, 0.15) is 58.4 Å². The first-order chi connectivity index (χ1) is 16.8. The number of allylic oxidation sites excluding steroid dienone is 1. The zero-order valence-corrected chi connectivity index (χ0v) is 22.1. The maximum Gasteiger partial charge on any atom is 0.317 e. The monoisotopic (exact) mass is 480 g/mol. The Bertz CT molecular complexity index is 905. The van der Waals surface area contributed by atoms with Gasteiger partial charge in [0, 0.05) is 52.4 Å². The number of nitrogens with zero attached hydrogens (tertiary/aromatic N) is 3. The minimum atomic E-state index is -0.0601. The molecule has 1 aromatic rings. The van der Waals surface area contributed by atoms with E-state index in [-0.39, 0.29) is 17.9 Å². The molecule has 4 aliphatic rings. The first kappa shape index (κ1) is 25.7. The number of rotatable bonds is 9. The summed E-state index contributed by atoms with van der Waals surface area (Å²) < 4.78 is 0. The fourth-order valence-corrected chi connectivity index (χ4v) is 6.30. The standard InChI is InChI=1S/C29H44N4O2/c1-5-25(22-10-8-7-9-11-22)27(34)32-17-14-31(15-18-32)16-19-33(28(35)30-6-2)21-23-12-13-24-20-26(23)29(24,3)4/h7-12,24-26H,5-6,13-21H2,1-4H3,(H,30,35). The van der Waals surface area contributed by atoms with Crippen LogP contribution in [0.2, 0.25) is 0 Å². The van der Waals surface area contributed by atoms with E-state index >= 15 is 0 Å². The molecular weight excluding hydrogens is 436 g/mol. The number of amides is 3. The van der Waals surface area contributed by atoms with Gasteiger partial charge in [-0.1, -0.05) is 62.8 Å². The van der Waals surface area contributed by atoms with Gasteiger partial charge in [0.1, 0.15) is 0 Å². The van der Waals surface area contributed by atoms with Gasteiger partial charge in [-0.15, -0.1) is 0 Å². The zero-order chi connectivity index (χ0) is 25.0. The number of hydrogen-bond donors (Lipinski definition) is 1. The van der Waals surface area contributed by atoms with Crippen molar-refractivity contribution in [3.8, 4) is 0 Å². The maximum atomic E-state index is 13.2. The van der Waals surface area contributed by atoms with Crippen molar-refractivity contribution < 1.29 is 9.59 Å². The van der Waals surface area contributed by atoms with Gasteiger partial charge in [0.25, 0.3) is 0 Å². The molecule has 3 aliphatic carbocycles. The molecular formula is C29H44N4O2. The van der Waals surface area contributed by atoms with Crippen molar-refractivity contribution >= 4 is 11.9 Å². The fourth-order valence-electron chi connectivity index (χ4n) is 6.30. The number of carbonyl (C=O) groups excluding carboxylic acids is 2. The molecule has 35 heavy (non-hydrogen) atoms. The second kappa shape index (κ2) is 11.2. The highest BCUT2D eigenvalue weighted by atomic mass is 16.2. The number of nitrogens with one attached hydrogen (secondary N) is 1. The predicted octanol–water partition coefficient (Wildman–Crippen LogP) is 4.35. The van der Waals surface area contributed by atoms with Crippen molar-refractivity contribution in [2.24, 2.45) is 17.3 Å². The summed E-state index contributed by atoms with van der Waals surface area (Å²) in [5.41, 5.74) is 2.93. The van der Waals surface area contributed by atoms with Crippen LogP contribution in [0.15, 0.2) is 42.0 Å². The van der Waals surface area contributed by atoms with Crippen molar-refractivity contribution in [2.45, 2.75) is 52.9 Å². The molecule has 1 aromatic carbocycles. The van der Waals surface area contributed by atoms with Crippen LogP contribution in [-0.2, 0) is 4.79 Å². The van der Waals surface area contributed by atoms with Crippen molar-refractivity contribution in [3.63, 3.8) is 0 Å². The van der Waals surface area contributed by atoms with Gasteiger partial charge in [-0.05, 0) is 49.0 Å². The molecule has 5 rings (SSSR count). The average molecular weight is 481 g/mol. The van der Waals surface area contributed by atoms with Gasteiger partial charge in [-0.25, -0.2) is 4.79 Å². The first-order valence-corrected chi connectivity index (χ1v) is 13.6. The quantitative estimate of drug-likeness (QED) is 0.535. The van der Waals surface area contributed by atoms with Gasteiger partial charge < -0.3 is 15.1 Å². The topological polar surface area (TPSA) is 55.9 Å². The first-order valence-electron chi connectivity index (χ1n) is 13.6. The van der Waals surface area contributed by atoms with E-state index in [1.54, 1.807) is 0 Å². The fraction of sp³-hybridized carbons (Fsp3) is 0.655. The summed E-state index contributed by atoms with van der Waals surface area (Å²) in [7, 11) is 0. The Hall–Kier alpha value is -2.34. The molecule has 0 radical (unpaired) electrons. The van der Waals surface area contributed by atoms with Gasteiger partial charge in [0.15, 0.2) is 0 Å². The molecule has 6 heteroatoms. The van der Waals surface area contributed by atoms with Crippen LogP contribution in [0.5, 0.6) is 0 Å². The Balaban J connectivity index is 1.29. The number of hydrogen-bond acceptors (Lipinski definition) is 3. The molecule has 3 atom stereocenters. The van der Waals surface area contributed by atoms with Crippen molar-refractivity contribution in [2.75, 3.05) is 52.4 Å². The van der Waals surface area contributed by atoms with E-state index in [1.807, 2.05) is 34.9 Å². The molecule has 1 aliphatic heterocycles. The molecule has 6 nitrogen and oxygen atoms in total. The smallest absolute Gasteiger partial charge is 0.317 e. The van der Waals surface area contributed by atoms with E-state index in [2.05, 4.69) is 49.2 Å².